The Labute approximate surface area is 486 Å². The average Bonchev–Trinajstić information content (AvgIpc) is 4.46. The van der Waals surface area contributed by atoms with Crippen LogP contribution in [0.15, 0.2) is 85.1 Å². The second kappa shape index (κ2) is 27.5. The number of carboxylic acid groups (broad SMARTS) is 2. The van der Waals surface area contributed by atoms with Crippen LogP contribution >= 0.6 is 0 Å². The van der Waals surface area contributed by atoms with Crippen molar-refractivity contribution in [1.29, 1.82) is 0 Å². The van der Waals surface area contributed by atoms with E-state index >= 15 is 0 Å². The maximum Gasteiger partial charge on any atom is 0.321 e. The van der Waals surface area contributed by atoms with Crippen molar-refractivity contribution < 1.29 is 19.8 Å². The first-order valence-electron chi connectivity index (χ1n) is 31.7. The average molecular weight is 1110 g/mol. The summed E-state index contributed by atoms with van der Waals surface area (Å²) in [5.41, 5.74) is 13.9. The van der Waals surface area contributed by atoms with E-state index in [1.54, 1.807) is 5.56 Å². The van der Waals surface area contributed by atoms with Crippen molar-refractivity contribution in [3.63, 3.8) is 0 Å². The minimum Gasteiger partial charge on any atom is -0.480 e. The summed E-state index contributed by atoms with van der Waals surface area (Å²) in [6, 6.07) is 28.3. The molecule has 5 aliphatic rings. The molecule has 0 amide bonds. The molecule has 4 fully saturated rings. The molecule has 5 aromatic rings. The van der Waals surface area contributed by atoms with Gasteiger partial charge in [0.25, 0.3) is 0 Å². The predicted molar refractivity (Wildman–Crippen MR) is 327 cm³/mol. The number of benzene rings is 3. The molecule has 2 saturated carbocycles. The molecule has 0 unspecified atom stereocenters. The molecule has 440 valence electrons. The van der Waals surface area contributed by atoms with Crippen molar-refractivity contribution in [2.24, 2.45) is 23.7 Å². The van der Waals surface area contributed by atoms with Crippen molar-refractivity contribution in [2.45, 2.75) is 200 Å². The lowest BCUT2D eigenvalue weighted by atomic mass is 9.84. The largest absolute Gasteiger partial charge is 0.480 e. The molecule has 81 heavy (non-hydrogen) atoms. The third-order valence-electron chi connectivity index (χ3n) is 20.0. The fourth-order valence-corrected chi connectivity index (χ4v) is 15.9. The van der Waals surface area contributed by atoms with Gasteiger partial charge in [-0.3, -0.25) is 28.8 Å². The molecule has 2 N–H and O–H groups in total. The zero-order chi connectivity index (χ0) is 57.5. The lowest BCUT2D eigenvalue weighted by molar-refractivity contribution is -0.146. The predicted octanol–water partition coefficient (Wildman–Crippen LogP) is 12.5. The standard InChI is InChI=1S/C36H50N4O2.C33H50N4O2/c1-6-34-33(24-40(37-34)22-27-12-8-7-9-13-27)28-15-17-39(18-16-28)23-30-20-31(38(5)35(25(2)3)36(41)42)21-32(30)29-14-10-11-26(4)19-29;1-6-29-31(30-12-7-8-15-37(30)34-29)24-13-16-36(17-14-24)21-26-19-27(35(5)32(22(2)3)33(38)39)20-28(26)25-11-9-10-23(4)18-25/h7-14,19,24-25,28,30-32,35H,6,15-18,20-23H2,1-5H3,(H,41,42);9-11,18,22,24,26-28,32H,6-8,12-17,19-21H2,1-5H3,(H,38,39)/t30-,31+,32-,35-;26-,27+,28-,32-/m11/s1. The van der Waals surface area contributed by atoms with Crippen LogP contribution in [0.5, 0.6) is 0 Å². The number of piperidine rings is 2. The van der Waals surface area contributed by atoms with Crippen LogP contribution in [0.3, 0.4) is 0 Å². The van der Waals surface area contributed by atoms with Crippen LogP contribution in [0, 0.1) is 37.5 Å². The molecular formula is C69H100N8O4. The van der Waals surface area contributed by atoms with Gasteiger partial charge in [-0.2, -0.15) is 10.2 Å². The number of carbonyl (C=O) groups is 2. The second-order valence-electron chi connectivity index (χ2n) is 26.3. The van der Waals surface area contributed by atoms with Gasteiger partial charge in [0.15, 0.2) is 0 Å². The van der Waals surface area contributed by atoms with E-state index in [1.165, 1.54) is 95.4 Å². The van der Waals surface area contributed by atoms with Crippen molar-refractivity contribution in [2.75, 3.05) is 53.4 Å². The van der Waals surface area contributed by atoms with E-state index in [0.29, 0.717) is 41.5 Å². The topological polar surface area (TPSA) is 123 Å². The van der Waals surface area contributed by atoms with Crippen LogP contribution in [-0.4, -0.2) is 139 Å². The fraction of sp³-hybridized carbons (Fsp3) is 0.623. The number of likely N-dealkylation sites (tertiary alicyclic amines) is 2. The maximum absolute atomic E-state index is 12.2. The SMILES string of the molecule is CCc1nn(Cc2ccccc2)cc1C1CCN(C[C@H]2C[C@H](N(C)[C@@H](C(=O)O)C(C)C)C[C@@H]2c2cccc(C)c2)CC1.CCc1nn2c(c1C1CCN(C[C@H]3C[C@H](N(C)[C@@H](C(=O)O)C(C)C)C[C@@H]3c3cccc(C)c3)CC1)CCCC2. The zero-order valence-electron chi connectivity index (χ0n) is 51.1. The highest BCUT2D eigenvalue weighted by Gasteiger charge is 2.44. The Hall–Kier alpha value is -5.14. The van der Waals surface area contributed by atoms with Crippen LogP contribution in [0.4, 0.5) is 0 Å². The van der Waals surface area contributed by atoms with E-state index in [9.17, 15) is 19.8 Å². The Morgan fingerprint density at radius 1 is 0.617 bits per heavy atom. The number of likely N-dealkylation sites (N-methyl/N-ethyl adjacent to an activating group) is 2. The van der Waals surface area contributed by atoms with Crippen molar-refractivity contribution in [3.05, 3.63) is 141 Å². The quantitative estimate of drug-likeness (QED) is 0.0779. The van der Waals surface area contributed by atoms with E-state index < -0.39 is 24.0 Å². The lowest BCUT2D eigenvalue weighted by Gasteiger charge is -2.36. The molecule has 5 heterocycles. The first-order chi connectivity index (χ1) is 39.0. The Bertz CT molecular complexity index is 2820. The first kappa shape index (κ1) is 60.5. The monoisotopic (exact) mass is 1100 g/mol. The van der Waals surface area contributed by atoms with E-state index in [-0.39, 0.29) is 17.9 Å². The van der Waals surface area contributed by atoms with Crippen LogP contribution in [0.2, 0.25) is 0 Å². The third-order valence-corrected chi connectivity index (χ3v) is 20.0. The van der Waals surface area contributed by atoms with Gasteiger partial charge in [0.2, 0.25) is 0 Å². The molecule has 8 atom stereocenters. The molecule has 2 aromatic heterocycles. The van der Waals surface area contributed by atoms with Gasteiger partial charge < -0.3 is 20.0 Å². The molecule has 0 spiro atoms. The summed E-state index contributed by atoms with van der Waals surface area (Å²) >= 11 is 0. The van der Waals surface area contributed by atoms with Gasteiger partial charge in [0, 0.05) is 43.6 Å². The summed E-state index contributed by atoms with van der Waals surface area (Å²) in [4.78, 5) is 34.0. The summed E-state index contributed by atoms with van der Waals surface area (Å²) < 4.78 is 4.46. The number of hydrogen-bond acceptors (Lipinski definition) is 8. The van der Waals surface area contributed by atoms with Crippen molar-refractivity contribution in [3.8, 4) is 0 Å². The molecule has 0 radical (unpaired) electrons. The Kier molecular flexibility index (Phi) is 20.5. The highest BCUT2D eigenvalue weighted by atomic mass is 16.4. The molecule has 3 aromatic carbocycles. The van der Waals surface area contributed by atoms with Crippen LogP contribution in [-0.2, 0) is 41.9 Å². The Morgan fingerprint density at radius 2 is 1.12 bits per heavy atom. The molecule has 3 aliphatic heterocycles. The van der Waals surface area contributed by atoms with Crippen LogP contribution in [0.1, 0.15) is 185 Å². The van der Waals surface area contributed by atoms with Gasteiger partial charge in [0.05, 0.1) is 17.9 Å². The molecular weight excluding hydrogens is 1000 g/mol. The van der Waals surface area contributed by atoms with E-state index in [4.69, 9.17) is 10.2 Å². The zero-order valence-corrected chi connectivity index (χ0v) is 51.1. The number of aryl methyl sites for hydroxylation is 5. The lowest BCUT2D eigenvalue weighted by Crippen LogP contribution is -2.47. The second-order valence-corrected chi connectivity index (χ2v) is 26.3. The summed E-state index contributed by atoms with van der Waals surface area (Å²) in [5.74, 6) is 1.99. The number of aliphatic carboxylic acids is 2. The number of nitrogens with zero attached hydrogens (tertiary/aromatic N) is 8. The number of hydrogen-bond donors (Lipinski definition) is 2. The van der Waals surface area contributed by atoms with Gasteiger partial charge in [0.1, 0.15) is 12.1 Å². The smallest absolute Gasteiger partial charge is 0.321 e. The van der Waals surface area contributed by atoms with Crippen molar-refractivity contribution >= 4 is 11.9 Å². The maximum atomic E-state index is 12.2. The summed E-state index contributed by atoms with van der Waals surface area (Å²) in [6.45, 7) is 25.6. The summed E-state index contributed by atoms with van der Waals surface area (Å²) in [6.07, 6.45) is 17.1. The highest BCUT2D eigenvalue weighted by Crippen LogP contribution is 2.46. The van der Waals surface area contributed by atoms with Gasteiger partial charge in [-0.25, -0.2) is 0 Å². The number of rotatable bonds is 20. The molecule has 2 aliphatic carbocycles. The molecule has 12 nitrogen and oxygen atoms in total. The van der Waals surface area contributed by atoms with E-state index in [1.807, 2.05) is 41.8 Å². The van der Waals surface area contributed by atoms with Crippen LogP contribution < -0.4 is 0 Å². The fourth-order valence-electron chi connectivity index (χ4n) is 15.9. The minimum absolute atomic E-state index is 0.0769. The normalized spacial score (nSPS) is 24.0. The molecule has 2 saturated heterocycles. The van der Waals surface area contributed by atoms with Crippen molar-refractivity contribution in [1.82, 2.24) is 39.2 Å². The Morgan fingerprint density at radius 3 is 1.59 bits per heavy atom. The summed E-state index contributed by atoms with van der Waals surface area (Å²) in [5, 5.41) is 30.0. The minimum atomic E-state index is -0.705. The van der Waals surface area contributed by atoms with E-state index in [2.05, 4.69) is 142 Å². The van der Waals surface area contributed by atoms with Gasteiger partial charge in [-0.1, -0.05) is 132 Å². The Balaban J connectivity index is 0.000000196. The number of fused-ring (bicyclic) bond motifs is 1. The summed E-state index contributed by atoms with van der Waals surface area (Å²) in [7, 11) is 4.08. The third kappa shape index (κ3) is 14.4. The van der Waals surface area contributed by atoms with Gasteiger partial charge >= 0.3 is 11.9 Å². The number of aromatic nitrogens is 4. The molecule has 10 rings (SSSR count). The number of carboxylic acids is 2. The molecule has 0 bridgehead atoms. The van der Waals surface area contributed by atoms with Crippen LogP contribution in [0.25, 0.3) is 0 Å². The first-order valence-corrected chi connectivity index (χ1v) is 31.7. The molecule has 12 heteroatoms. The van der Waals surface area contributed by atoms with E-state index in [0.717, 1.165) is 90.9 Å². The van der Waals surface area contributed by atoms with Gasteiger partial charge in [-0.05, 0) is 213 Å². The van der Waals surface area contributed by atoms with Gasteiger partial charge in [-0.15, -0.1) is 0 Å². The highest BCUT2D eigenvalue weighted by molar-refractivity contribution is 5.74.